The lowest BCUT2D eigenvalue weighted by Crippen LogP contribution is -2.11. The largest absolute Gasteiger partial charge is 0.491 e. The summed E-state index contributed by atoms with van der Waals surface area (Å²) in [5.74, 6) is 0.0545. The summed E-state index contributed by atoms with van der Waals surface area (Å²) in [6.45, 7) is 6.68. The normalized spacial score (nSPS) is 10.9. The number of halogens is 1. The van der Waals surface area contributed by atoms with Crippen molar-refractivity contribution < 1.29 is 13.9 Å². The monoisotopic (exact) mass is 441 g/mol. The first-order valence-corrected chi connectivity index (χ1v) is 10.8. The van der Waals surface area contributed by atoms with E-state index in [1.807, 2.05) is 51.1 Å². The third-order valence-electron chi connectivity index (χ3n) is 5.36. The Hall–Kier alpha value is -4.11. The zero-order valence-corrected chi connectivity index (χ0v) is 18.7. The molecule has 5 nitrogen and oxygen atoms in total. The molecule has 1 amide bonds. The first-order chi connectivity index (χ1) is 15.9. The molecule has 1 aromatic heterocycles. The Labute approximate surface area is 192 Å². The average molecular weight is 442 g/mol. The highest BCUT2D eigenvalue weighted by Crippen LogP contribution is 2.36. The van der Waals surface area contributed by atoms with Gasteiger partial charge >= 0.3 is 0 Å². The van der Waals surface area contributed by atoms with E-state index in [-0.39, 0.29) is 12.0 Å². The Morgan fingerprint density at radius 3 is 2.39 bits per heavy atom. The van der Waals surface area contributed by atoms with E-state index in [9.17, 15) is 14.4 Å². The Kier molecular flexibility index (Phi) is 6.14. The van der Waals surface area contributed by atoms with Crippen LogP contribution in [0.3, 0.4) is 0 Å². The van der Waals surface area contributed by atoms with Crippen LogP contribution in [0, 0.1) is 17.1 Å². The fourth-order valence-electron chi connectivity index (χ4n) is 3.93. The number of anilines is 1. The van der Waals surface area contributed by atoms with Gasteiger partial charge in [0, 0.05) is 29.2 Å². The third-order valence-corrected chi connectivity index (χ3v) is 5.36. The van der Waals surface area contributed by atoms with E-state index in [1.54, 1.807) is 12.1 Å². The number of nitrogens with zero attached hydrogens (tertiary/aromatic N) is 2. The minimum atomic E-state index is -0.390. The van der Waals surface area contributed by atoms with Gasteiger partial charge in [0.2, 0.25) is 0 Å². The maximum absolute atomic E-state index is 13.1. The highest BCUT2D eigenvalue weighted by Gasteiger charge is 2.19. The van der Waals surface area contributed by atoms with Crippen LogP contribution < -0.4 is 10.1 Å². The van der Waals surface area contributed by atoms with Crippen LogP contribution in [0.4, 0.5) is 10.1 Å². The molecule has 0 saturated carbocycles. The van der Waals surface area contributed by atoms with Gasteiger partial charge < -0.3 is 14.6 Å². The number of amides is 1. The van der Waals surface area contributed by atoms with Crippen molar-refractivity contribution in [3.05, 3.63) is 83.7 Å². The standard InChI is InChI=1S/C27H24FN3O2/c1-4-31-25-15-22(33-17(2)3)13-14-23(25)24(16-29)26(31)18-7-11-21(12-8-18)30-27(32)19-5-9-20(28)10-6-19/h5-15,17H,4H2,1-3H3,(H,30,32). The molecular formula is C27H24FN3O2. The Balaban J connectivity index is 1.69. The molecule has 0 atom stereocenters. The van der Waals surface area contributed by atoms with E-state index in [0.29, 0.717) is 23.4 Å². The lowest BCUT2D eigenvalue weighted by Gasteiger charge is -2.12. The van der Waals surface area contributed by atoms with E-state index in [2.05, 4.69) is 16.0 Å². The molecule has 0 aliphatic heterocycles. The van der Waals surface area contributed by atoms with E-state index in [4.69, 9.17) is 4.74 Å². The van der Waals surface area contributed by atoms with Gasteiger partial charge in [0.1, 0.15) is 17.6 Å². The molecule has 0 bridgehead atoms. The third kappa shape index (κ3) is 4.44. The van der Waals surface area contributed by atoms with E-state index >= 15 is 0 Å². The molecule has 0 unspecified atom stereocenters. The van der Waals surface area contributed by atoms with Crippen molar-refractivity contribution in [1.82, 2.24) is 4.57 Å². The predicted molar refractivity (Wildman–Crippen MR) is 128 cm³/mol. The first kappa shape index (κ1) is 22.1. The minimum absolute atomic E-state index is 0.0556. The number of fused-ring (bicyclic) bond motifs is 1. The molecule has 4 aromatic rings. The van der Waals surface area contributed by atoms with Crippen LogP contribution in [-0.4, -0.2) is 16.6 Å². The number of benzene rings is 3. The summed E-state index contributed by atoms with van der Waals surface area (Å²) in [5, 5.41) is 13.6. The molecule has 3 aromatic carbocycles. The van der Waals surface area contributed by atoms with Crippen molar-refractivity contribution in [3.8, 4) is 23.1 Å². The summed E-state index contributed by atoms with van der Waals surface area (Å²) >= 11 is 0. The van der Waals surface area contributed by atoms with Crippen molar-refractivity contribution in [2.75, 3.05) is 5.32 Å². The Bertz CT molecular complexity index is 1350. The number of ether oxygens (including phenoxy) is 1. The van der Waals surface area contributed by atoms with Gasteiger partial charge in [-0.25, -0.2) is 4.39 Å². The fraction of sp³-hybridized carbons (Fsp3) is 0.185. The van der Waals surface area contributed by atoms with Crippen molar-refractivity contribution >= 4 is 22.5 Å². The zero-order valence-electron chi connectivity index (χ0n) is 18.7. The molecular weight excluding hydrogens is 417 g/mol. The summed E-state index contributed by atoms with van der Waals surface area (Å²) in [6.07, 6.45) is 0.0556. The quantitative estimate of drug-likeness (QED) is 0.378. The van der Waals surface area contributed by atoms with Crippen molar-refractivity contribution in [1.29, 1.82) is 5.26 Å². The van der Waals surface area contributed by atoms with Gasteiger partial charge in [-0.2, -0.15) is 5.26 Å². The van der Waals surface area contributed by atoms with Crippen LogP contribution >= 0.6 is 0 Å². The molecule has 0 radical (unpaired) electrons. The maximum Gasteiger partial charge on any atom is 0.255 e. The van der Waals surface area contributed by atoms with Gasteiger partial charge in [-0.05, 0) is 74.9 Å². The number of nitriles is 1. The molecule has 0 aliphatic carbocycles. The number of hydrogen-bond acceptors (Lipinski definition) is 3. The number of carbonyl (C=O) groups is 1. The number of hydrogen-bond donors (Lipinski definition) is 1. The summed E-state index contributed by atoms with van der Waals surface area (Å²) in [6, 6.07) is 20.9. The second-order valence-corrected chi connectivity index (χ2v) is 7.96. The summed E-state index contributed by atoms with van der Waals surface area (Å²) in [4.78, 5) is 12.4. The topological polar surface area (TPSA) is 67.0 Å². The van der Waals surface area contributed by atoms with Gasteiger partial charge in [0.25, 0.3) is 5.91 Å². The highest BCUT2D eigenvalue weighted by atomic mass is 19.1. The maximum atomic E-state index is 13.1. The Morgan fingerprint density at radius 2 is 1.79 bits per heavy atom. The molecule has 1 heterocycles. The summed E-state index contributed by atoms with van der Waals surface area (Å²) in [5.41, 5.74) is 4.22. The lowest BCUT2D eigenvalue weighted by molar-refractivity contribution is 0.102. The van der Waals surface area contributed by atoms with Gasteiger partial charge in [0.15, 0.2) is 0 Å². The van der Waals surface area contributed by atoms with Gasteiger partial charge in [-0.3, -0.25) is 4.79 Å². The molecule has 1 N–H and O–H groups in total. The van der Waals surface area contributed by atoms with E-state index in [0.717, 1.165) is 27.9 Å². The molecule has 6 heteroatoms. The molecule has 0 spiro atoms. The molecule has 4 rings (SSSR count). The number of carbonyl (C=O) groups excluding carboxylic acids is 1. The first-order valence-electron chi connectivity index (χ1n) is 10.8. The molecule has 0 aliphatic rings. The van der Waals surface area contributed by atoms with Crippen LogP contribution in [0.1, 0.15) is 36.7 Å². The fourth-order valence-corrected chi connectivity index (χ4v) is 3.93. The molecule has 0 saturated heterocycles. The van der Waals surface area contributed by atoms with Crippen LogP contribution in [0.25, 0.3) is 22.2 Å². The van der Waals surface area contributed by atoms with Crippen LogP contribution in [0.5, 0.6) is 5.75 Å². The number of rotatable bonds is 6. The minimum Gasteiger partial charge on any atom is -0.491 e. The van der Waals surface area contributed by atoms with Gasteiger partial charge in [0.05, 0.1) is 22.9 Å². The second kappa shape index (κ2) is 9.17. The van der Waals surface area contributed by atoms with Crippen LogP contribution in [0.2, 0.25) is 0 Å². The summed E-state index contributed by atoms with van der Waals surface area (Å²) in [7, 11) is 0. The van der Waals surface area contributed by atoms with Crippen LogP contribution in [0.15, 0.2) is 66.7 Å². The molecule has 166 valence electrons. The van der Waals surface area contributed by atoms with Gasteiger partial charge in [-0.15, -0.1) is 0 Å². The van der Waals surface area contributed by atoms with E-state index in [1.165, 1.54) is 24.3 Å². The molecule has 33 heavy (non-hydrogen) atoms. The average Bonchev–Trinajstić information content (AvgIpc) is 3.12. The smallest absolute Gasteiger partial charge is 0.255 e. The van der Waals surface area contributed by atoms with Crippen molar-refractivity contribution in [2.24, 2.45) is 0 Å². The SMILES string of the molecule is CCn1c(-c2ccc(NC(=O)c3ccc(F)cc3)cc2)c(C#N)c2ccc(OC(C)C)cc21. The van der Waals surface area contributed by atoms with Crippen molar-refractivity contribution in [3.63, 3.8) is 0 Å². The highest BCUT2D eigenvalue weighted by molar-refractivity contribution is 6.04. The van der Waals surface area contributed by atoms with Crippen molar-refractivity contribution in [2.45, 2.75) is 33.4 Å². The molecule has 0 fully saturated rings. The van der Waals surface area contributed by atoms with E-state index < -0.39 is 5.82 Å². The van der Waals surface area contributed by atoms with Gasteiger partial charge in [-0.1, -0.05) is 12.1 Å². The Morgan fingerprint density at radius 1 is 1.09 bits per heavy atom. The number of aryl methyl sites for hydroxylation is 1. The summed E-state index contributed by atoms with van der Waals surface area (Å²) < 4.78 is 21.1. The van der Waals surface area contributed by atoms with Crippen LogP contribution in [-0.2, 0) is 6.54 Å². The number of nitrogens with one attached hydrogen (secondary N) is 1. The zero-order chi connectivity index (χ0) is 23.5. The predicted octanol–water partition coefficient (Wildman–Crippen LogP) is 6.38. The number of aromatic nitrogens is 1. The lowest BCUT2D eigenvalue weighted by atomic mass is 10.1. The second-order valence-electron chi connectivity index (χ2n) is 7.96.